The number of fused-ring (bicyclic) bond motifs is 2. The molecule has 0 unspecified atom stereocenters. The standard InChI is InChI=1S/C16H17N5O/c1-10-6-7-14(22-2)13(8-10)19-15-11-4-3-5-12(11)20-16-17-9-18-21(15)16/h6-9,19H,3-5H2,1-2H3. The smallest absolute Gasteiger partial charge is 0.254 e. The van der Waals surface area contributed by atoms with Crippen LogP contribution in [0.4, 0.5) is 11.5 Å². The maximum absolute atomic E-state index is 5.46. The van der Waals surface area contributed by atoms with Gasteiger partial charge in [-0.05, 0) is 43.9 Å². The molecule has 0 aliphatic heterocycles. The van der Waals surface area contributed by atoms with E-state index in [-0.39, 0.29) is 0 Å². The van der Waals surface area contributed by atoms with E-state index in [9.17, 15) is 0 Å². The molecule has 3 aromatic rings. The van der Waals surface area contributed by atoms with Crippen LogP contribution in [0.25, 0.3) is 5.78 Å². The van der Waals surface area contributed by atoms with Gasteiger partial charge in [0.15, 0.2) is 0 Å². The van der Waals surface area contributed by atoms with E-state index >= 15 is 0 Å². The number of aromatic nitrogens is 4. The van der Waals surface area contributed by atoms with Crippen LogP contribution in [0.1, 0.15) is 23.2 Å². The van der Waals surface area contributed by atoms with Crippen LogP contribution in [0, 0.1) is 6.92 Å². The summed E-state index contributed by atoms with van der Waals surface area (Å²) in [6, 6.07) is 6.08. The van der Waals surface area contributed by atoms with Crippen LogP contribution in [0.3, 0.4) is 0 Å². The molecule has 22 heavy (non-hydrogen) atoms. The number of rotatable bonds is 3. The molecule has 0 saturated carbocycles. The second-order valence-electron chi connectivity index (χ2n) is 5.54. The fourth-order valence-electron chi connectivity index (χ4n) is 3.00. The number of ether oxygens (including phenoxy) is 1. The van der Waals surface area contributed by atoms with Gasteiger partial charge in [-0.3, -0.25) is 0 Å². The maximum Gasteiger partial charge on any atom is 0.254 e. The van der Waals surface area contributed by atoms with Crippen molar-refractivity contribution in [2.75, 3.05) is 12.4 Å². The van der Waals surface area contributed by atoms with E-state index in [4.69, 9.17) is 4.74 Å². The van der Waals surface area contributed by atoms with Crippen LogP contribution in [-0.2, 0) is 12.8 Å². The van der Waals surface area contributed by atoms with Crippen LogP contribution in [-0.4, -0.2) is 26.7 Å². The first-order valence-electron chi connectivity index (χ1n) is 7.39. The van der Waals surface area contributed by atoms with E-state index in [0.29, 0.717) is 5.78 Å². The van der Waals surface area contributed by atoms with Crippen molar-refractivity contribution in [3.8, 4) is 5.75 Å². The second kappa shape index (κ2) is 4.98. The van der Waals surface area contributed by atoms with Crippen molar-refractivity contribution in [3.63, 3.8) is 0 Å². The Labute approximate surface area is 128 Å². The van der Waals surface area contributed by atoms with Gasteiger partial charge in [0.2, 0.25) is 0 Å². The Balaban J connectivity index is 1.88. The third kappa shape index (κ3) is 1.99. The van der Waals surface area contributed by atoms with Crippen molar-refractivity contribution in [1.82, 2.24) is 19.6 Å². The molecule has 6 nitrogen and oxygen atoms in total. The summed E-state index contributed by atoms with van der Waals surface area (Å²) in [6.07, 6.45) is 4.66. The highest BCUT2D eigenvalue weighted by atomic mass is 16.5. The second-order valence-corrected chi connectivity index (χ2v) is 5.54. The molecule has 4 rings (SSSR count). The largest absolute Gasteiger partial charge is 0.495 e. The number of benzene rings is 1. The normalized spacial score (nSPS) is 13.4. The third-order valence-electron chi connectivity index (χ3n) is 4.06. The predicted octanol–water partition coefficient (Wildman–Crippen LogP) is 2.67. The van der Waals surface area contributed by atoms with E-state index in [1.807, 2.05) is 12.1 Å². The number of anilines is 2. The molecule has 0 radical (unpaired) electrons. The van der Waals surface area contributed by atoms with Gasteiger partial charge >= 0.3 is 0 Å². The van der Waals surface area contributed by atoms with E-state index in [1.165, 1.54) is 17.5 Å². The van der Waals surface area contributed by atoms with Crippen molar-refractivity contribution in [2.24, 2.45) is 0 Å². The average molecular weight is 295 g/mol. The van der Waals surface area contributed by atoms with E-state index in [1.54, 1.807) is 11.6 Å². The molecule has 1 aromatic carbocycles. The van der Waals surface area contributed by atoms with Gasteiger partial charge < -0.3 is 10.1 Å². The Morgan fingerprint density at radius 2 is 2.18 bits per heavy atom. The number of hydrogen-bond acceptors (Lipinski definition) is 5. The van der Waals surface area contributed by atoms with Crippen molar-refractivity contribution >= 4 is 17.3 Å². The molecule has 0 saturated heterocycles. The zero-order valence-electron chi connectivity index (χ0n) is 12.6. The minimum Gasteiger partial charge on any atom is -0.495 e. The van der Waals surface area contributed by atoms with Gasteiger partial charge in [0.25, 0.3) is 5.78 Å². The van der Waals surface area contributed by atoms with Gasteiger partial charge in [0.05, 0.1) is 18.5 Å². The van der Waals surface area contributed by atoms with Gasteiger partial charge in [0, 0.05) is 5.56 Å². The summed E-state index contributed by atoms with van der Waals surface area (Å²) in [6.45, 7) is 2.06. The number of hydrogen-bond donors (Lipinski definition) is 1. The molecule has 112 valence electrons. The van der Waals surface area contributed by atoms with Crippen molar-refractivity contribution in [2.45, 2.75) is 26.2 Å². The predicted molar refractivity (Wildman–Crippen MR) is 83.8 cm³/mol. The number of aryl methyl sites for hydroxylation is 2. The highest BCUT2D eigenvalue weighted by Crippen LogP contribution is 2.33. The first-order chi connectivity index (χ1) is 10.8. The third-order valence-corrected chi connectivity index (χ3v) is 4.06. The quantitative estimate of drug-likeness (QED) is 0.805. The average Bonchev–Trinajstić information content (AvgIpc) is 3.15. The molecule has 6 heteroatoms. The first kappa shape index (κ1) is 13.1. The lowest BCUT2D eigenvalue weighted by Gasteiger charge is -2.15. The lowest BCUT2D eigenvalue weighted by atomic mass is 10.2. The van der Waals surface area contributed by atoms with Crippen LogP contribution in [0.2, 0.25) is 0 Å². The molecule has 1 aliphatic carbocycles. The summed E-state index contributed by atoms with van der Waals surface area (Å²) in [5.74, 6) is 2.39. The lowest BCUT2D eigenvalue weighted by Crippen LogP contribution is -2.07. The molecule has 0 amide bonds. The topological polar surface area (TPSA) is 64.3 Å². The van der Waals surface area contributed by atoms with E-state index in [0.717, 1.165) is 42.2 Å². The summed E-state index contributed by atoms with van der Waals surface area (Å²) in [5, 5.41) is 7.80. The monoisotopic (exact) mass is 295 g/mol. The van der Waals surface area contributed by atoms with Crippen LogP contribution in [0.5, 0.6) is 5.75 Å². The van der Waals surface area contributed by atoms with E-state index < -0.39 is 0 Å². The molecule has 1 N–H and O–H groups in total. The molecule has 0 bridgehead atoms. The molecular formula is C16H17N5O. The molecule has 0 spiro atoms. The van der Waals surface area contributed by atoms with E-state index in [2.05, 4.69) is 33.4 Å². The Hall–Kier alpha value is -2.63. The minimum atomic E-state index is 0.634. The summed E-state index contributed by atoms with van der Waals surface area (Å²) < 4.78 is 7.23. The van der Waals surface area contributed by atoms with Crippen LogP contribution in [0.15, 0.2) is 24.5 Å². The van der Waals surface area contributed by atoms with Gasteiger partial charge in [-0.1, -0.05) is 6.07 Å². The fourth-order valence-corrected chi connectivity index (χ4v) is 3.00. The van der Waals surface area contributed by atoms with Gasteiger partial charge in [0.1, 0.15) is 17.9 Å². The minimum absolute atomic E-state index is 0.634. The number of methoxy groups -OCH3 is 1. The lowest BCUT2D eigenvalue weighted by molar-refractivity contribution is 0.416. The summed E-state index contributed by atoms with van der Waals surface area (Å²) in [7, 11) is 1.68. The maximum atomic E-state index is 5.46. The molecule has 0 fully saturated rings. The molecular weight excluding hydrogens is 278 g/mol. The molecule has 0 atom stereocenters. The van der Waals surface area contributed by atoms with Crippen molar-refractivity contribution in [1.29, 1.82) is 0 Å². The fraction of sp³-hybridized carbons (Fsp3) is 0.312. The van der Waals surface area contributed by atoms with Crippen molar-refractivity contribution < 1.29 is 4.74 Å². The number of nitrogens with one attached hydrogen (secondary N) is 1. The highest BCUT2D eigenvalue weighted by molar-refractivity contribution is 5.69. The molecule has 1 aliphatic rings. The summed E-state index contributed by atoms with van der Waals surface area (Å²) >= 11 is 0. The highest BCUT2D eigenvalue weighted by Gasteiger charge is 2.21. The Bertz CT molecular complexity index is 855. The Morgan fingerprint density at radius 3 is 3.05 bits per heavy atom. The van der Waals surface area contributed by atoms with Gasteiger partial charge in [-0.2, -0.15) is 14.6 Å². The first-order valence-corrected chi connectivity index (χ1v) is 7.39. The summed E-state index contributed by atoms with van der Waals surface area (Å²) in [5.41, 5.74) is 4.44. The van der Waals surface area contributed by atoms with Gasteiger partial charge in [-0.25, -0.2) is 4.98 Å². The number of nitrogens with zero attached hydrogens (tertiary/aromatic N) is 4. The molecule has 2 heterocycles. The zero-order valence-corrected chi connectivity index (χ0v) is 12.6. The Kier molecular flexibility index (Phi) is 2.96. The van der Waals surface area contributed by atoms with Crippen molar-refractivity contribution in [3.05, 3.63) is 41.3 Å². The van der Waals surface area contributed by atoms with Crippen LogP contribution >= 0.6 is 0 Å². The zero-order chi connectivity index (χ0) is 15.1. The molecule has 2 aromatic heterocycles. The van der Waals surface area contributed by atoms with Crippen LogP contribution < -0.4 is 10.1 Å². The SMILES string of the molecule is COc1ccc(C)cc1Nc1c2c(nc3ncnn13)CCC2. The van der Waals surface area contributed by atoms with Gasteiger partial charge in [-0.15, -0.1) is 0 Å². The summed E-state index contributed by atoms with van der Waals surface area (Å²) in [4.78, 5) is 8.82. The Morgan fingerprint density at radius 1 is 1.27 bits per heavy atom.